The molecule has 0 unspecified atom stereocenters. The summed E-state index contributed by atoms with van der Waals surface area (Å²) in [6, 6.07) is 7.30. The van der Waals surface area contributed by atoms with E-state index in [0.29, 0.717) is 35.8 Å². The highest BCUT2D eigenvalue weighted by Gasteiger charge is 2.08. The van der Waals surface area contributed by atoms with Gasteiger partial charge in [-0.2, -0.15) is 0 Å². The van der Waals surface area contributed by atoms with Crippen LogP contribution in [-0.2, 0) is 9.53 Å². The molecule has 0 aliphatic carbocycles. The third kappa shape index (κ3) is 5.34. The SMILES string of the molecule is CCOC(=O)C=C(CBr)Oc1ccccc1OCC. The van der Waals surface area contributed by atoms with Crippen molar-refractivity contribution in [3.63, 3.8) is 0 Å². The zero-order valence-corrected chi connectivity index (χ0v) is 12.6. The summed E-state index contributed by atoms with van der Waals surface area (Å²) in [6.07, 6.45) is 1.32. The minimum atomic E-state index is -0.425. The van der Waals surface area contributed by atoms with E-state index in [-0.39, 0.29) is 0 Å². The fraction of sp³-hybridized carbons (Fsp3) is 0.357. The van der Waals surface area contributed by atoms with Crippen LogP contribution in [-0.4, -0.2) is 24.5 Å². The number of allylic oxidation sites excluding steroid dienone is 1. The van der Waals surface area contributed by atoms with Crippen molar-refractivity contribution < 1.29 is 19.0 Å². The molecule has 0 saturated heterocycles. The van der Waals surface area contributed by atoms with Gasteiger partial charge < -0.3 is 14.2 Å². The summed E-state index contributed by atoms with van der Waals surface area (Å²) in [5, 5.41) is 0.409. The van der Waals surface area contributed by atoms with Gasteiger partial charge in [-0.15, -0.1) is 0 Å². The first-order valence-electron chi connectivity index (χ1n) is 6.04. The van der Waals surface area contributed by atoms with Gasteiger partial charge in [-0.1, -0.05) is 28.1 Å². The van der Waals surface area contributed by atoms with E-state index in [9.17, 15) is 4.79 Å². The first-order valence-corrected chi connectivity index (χ1v) is 7.16. The summed E-state index contributed by atoms with van der Waals surface area (Å²) in [4.78, 5) is 11.4. The van der Waals surface area contributed by atoms with E-state index in [0.717, 1.165) is 0 Å². The van der Waals surface area contributed by atoms with Crippen LogP contribution in [0.1, 0.15) is 13.8 Å². The zero-order valence-electron chi connectivity index (χ0n) is 11.0. The second-order valence-electron chi connectivity index (χ2n) is 3.48. The molecular weight excluding hydrogens is 312 g/mol. The summed E-state index contributed by atoms with van der Waals surface area (Å²) in [5.74, 6) is 1.25. The van der Waals surface area contributed by atoms with E-state index < -0.39 is 5.97 Å². The number of esters is 1. The topological polar surface area (TPSA) is 44.8 Å². The average molecular weight is 329 g/mol. The van der Waals surface area contributed by atoms with Crippen molar-refractivity contribution in [2.24, 2.45) is 0 Å². The molecule has 0 atom stereocenters. The molecule has 0 fully saturated rings. The van der Waals surface area contributed by atoms with Crippen LogP contribution in [0.3, 0.4) is 0 Å². The second kappa shape index (κ2) is 8.58. The number of benzene rings is 1. The Morgan fingerprint density at radius 1 is 1.21 bits per heavy atom. The molecule has 0 radical (unpaired) electrons. The molecule has 1 aromatic carbocycles. The third-order valence-electron chi connectivity index (χ3n) is 2.09. The molecule has 0 aliphatic heterocycles. The second-order valence-corrected chi connectivity index (χ2v) is 4.04. The molecule has 1 aromatic rings. The molecule has 0 heterocycles. The maximum atomic E-state index is 11.4. The molecule has 5 heteroatoms. The molecule has 4 nitrogen and oxygen atoms in total. The lowest BCUT2D eigenvalue weighted by Crippen LogP contribution is -2.06. The molecule has 0 spiro atoms. The van der Waals surface area contributed by atoms with Gasteiger partial charge in [0.15, 0.2) is 11.5 Å². The van der Waals surface area contributed by atoms with Gasteiger partial charge in [0.2, 0.25) is 0 Å². The highest BCUT2D eigenvalue weighted by molar-refractivity contribution is 9.09. The Morgan fingerprint density at radius 2 is 1.89 bits per heavy atom. The summed E-state index contributed by atoms with van der Waals surface area (Å²) < 4.78 is 15.9. The molecule has 19 heavy (non-hydrogen) atoms. The monoisotopic (exact) mass is 328 g/mol. The van der Waals surface area contributed by atoms with Crippen LogP contribution >= 0.6 is 15.9 Å². The Bertz CT molecular complexity index is 443. The Balaban J connectivity index is 2.83. The first-order chi connectivity index (χ1) is 9.21. The number of hydrogen-bond donors (Lipinski definition) is 0. The van der Waals surface area contributed by atoms with E-state index in [1.165, 1.54) is 6.08 Å². The lowest BCUT2D eigenvalue weighted by Gasteiger charge is -2.12. The Hall–Kier alpha value is -1.49. The van der Waals surface area contributed by atoms with Gasteiger partial charge in [-0.3, -0.25) is 0 Å². The molecule has 1 rings (SSSR count). The molecule has 0 N–H and O–H groups in total. The number of alkyl halides is 1. The van der Waals surface area contributed by atoms with Crippen LogP contribution in [0.4, 0.5) is 0 Å². The van der Waals surface area contributed by atoms with Crippen LogP contribution in [0, 0.1) is 0 Å². The standard InChI is InChI=1S/C14H17BrO4/c1-3-17-12-7-5-6-8-13(12)19-11(10-15)9-14(16)18-4-2/h5-9H,3-4,10H2,1-2H3. The molecule has 104 valence electrons. The van der Waals surface area contributed by atoms with E-state index in [2.05, 4.69) is 15.9 Å². The van der Waals surface area contributed by atoms with Crippen LogP contribution in [0.5, 0.6) is 11.5 Å². The van der Waals surface area contributed by atoms with Crippen molar-refractivity contribution in [2.45, 2.75) is 13.8 Å². The minimum Gasteiger partial charge on any atom is -0.490 e. The van der Waals surface area contributed by atoms with Gasteiger partial charge in [0.05, 0.1) is 24.6 Å². The average Bonchev–Trinajstić information content (AvgIpc) is 2.40. The molecule has 0 aliphatic rings. The van der Waals surface area contributed by atoms with Crippen molar-refractivity contribution in [3.05, 3.63) is 36.1 Å². The highest BCUT2D eigenvalue weighted by Crippen LogP contribution is 2.28. The van der Waals surface area contributed by atoms with Crippen LogP contribution in [0.25, 0.3) is 0 Å². The Morgan fingerprint density at radius 3 is 2.47 bits per heavy atom. The van der Waals surface area contributed by atoms with Crippen LogP contribution in [0.2, 0.25) is 0 Å². The summed E-state index contributed by atoms with van der Waals surface area (Å²) >= 11 is 3.27. The van der Waals surface area contributed by atoms with Crippen LogP contribution in [0.15, 0.2) is 36.1 Å². The Labute approximate surface area is 121 Å². The number of ether oxygens (including phenoxy) is 3. The maximum absolute atomic E-state index is 11.4. The third-order valence-corrected chi connectivity index (χ3v) is 2.64. The smallest absolute Gasteiger partial charge is 0.334 e. The number of carbonyl (C=O) groups is 1. The molecule has 0 aromatic heterocycles. The van der Waals surface area contributed by atoms with Gasteiger partial charge in [-0.05, 0) is 26.0 Å². The van der Waals surface area contributed by atoms with Gasteiger partial charge in [-0.25, -0.2) is 4.79 Å². The number of rotatable bonds is 7. The van der Waals surface area contributed by atoms with Crippen molar-refractivity contribution >= 4 is 21.9 Å². The van der Waals surface area contributed by atoms with Crippen molar-refractivity contribution in [1.82, 2.24) is 0 Å². The highest BCUT2D eigenvalue weighted by atomic mass is 79.9. The lowest BCUT2D eigenvalue weighted by atomic mass is 10.3. The number of halogens is 1. The zero-order chi connectivity index (χ0) is 14.1. The molecule has 0 saturated carbocycles. The fourth-order valence-corrected chi connectivity index (χ4v) is 1.64. The van der Waals surface area contributed by atoms with Crippen LogP contribution < -0.4 is 9.47 Å². The van der Waals surface area contributed by atoms with E-state index in [1.807, 2.05) is 25.1 Å². The molecule has 0 amide bonds. The fourth-order valence-electron chi connectivity index (χ4n) is 1.36. The predicted molar refractivity (Wildman–Crippen MR) is 76.7 cm³/mol. The minimum absolute atomic E-state index is 0.334. The van der Waals surface area contributed by atoms with E-state index >= 15 is 0 Å². The van der Waals surface area contributed by atoms with E-state index in [4.69, 9.17) is 14.2 Å². The lowest BCUT2D eigenvalue weighted by molar-refractivity contribution is -0.137. The number of hydrogen-bond acceptors (Lipinski definition) is 4. The number of para-hydroxylation sites is 2. The molecule has 0 bridgehead atoms. The van der Waals surface area contributed by atoms with Gasteiger partial charge >= 0.3 is 5.97 Å². The van der Waals surface area contributed by atoms with Gasteiger partial charge in [0.1, 0.15) is 5.76 Å². The molecular formula is C14H17BrO4. The van der Waals surface area contributed by atoms with Gasteiger partial charge in [0.25, 0.3) is 0 Å². The predicted octanol–water partition coefficient (Wildman–Crippen LogP) is 3.31. The largest absolute Gasteiger partial charge is 0.490 e. The summed E-state index contributed by atoms with van der Waals surface area (Å²) in [7, 11) is 0. The van der Waals surface area contributed by atoms with Crippen molar-refractivity contribution in [1.29, 1.82) is 0 Å². The quantitative estimate of drug-likeness (QED) is 0.333. The van der Waals surface area contributed by atoms with E-state index in [1.54, 1.807) is 13.0 Å². The van der Waals surface area contributed by atoms with Gasteiger partial charge in [0, 0.05) is 0 Å². The first kappa shape index (κ1) is 15.6. The Kier molecular flexibility index (Phi) is 7.03. The van der Waals surface area contributed by atoms with Crippen molar-refractivity contribution in [3.8, 4) is 11.5 Å². The van der Waals surface area contributed by atoms with Crippen molar-refractivity contribution in [2.75, 3.05) is 18.5 Å². The number of carbonyl (C=O) groups excluding carboxylic acids is 1. The maximum Gasteiger partial charge on any atom is 0.334 e. The normalized spacial score (nSPS) is 11.0. The summed E-state index contributed by atoms with van der Waals surface area (Å²) in [5.41, 5.74) is 0. The summed E-state index contributed by atoms with van der Waals surface area (Å²) in [6.45, 7) is 4.54.